The largest absolute Gasteiger partial charge is 0.497 e. The molecular formula is C25H23N3O5. The van der Waals surface area contributed by atoms with Crippen LogP contribution in [0.3, 0.4) is 0 Å². The molecule has 0 heterocycles. The van der Waals surface area contributed by atoms with Crippen molar-refractivity contribution in [2.45, 2.75) is 13.5 Å². The molecule has 3 aromatic rings. The van der Waals surface area contributed by atoms with Crippen molar-refractivity contribution >= 4 is 23.5 Å². The van der Waals surface area contributed by atoms with E-state index in [1.807, 2.05) is 30.3 Å². The molecule has 0 fully saturated rings. The van der Waals surface area contributed by atoms with E-state index in [1.54, 1.807) is 55.5 Å². The van der Waals surface area contributed by atoms with Gasteiger partial charge in [-0.3, -0.25) is 9.59 Å². The third kappa shape index (κ3) is 6.51. The fraction of sp³-hybridized carbons (Fsp3) is 0.120. The van der Waals surface area contributed by atoms with Crippen LogP contribution in [0.15, 0.2) is 84.0 Å². The lowest BCUT2D eigenvalue weighted by Gasteiger charge is -2.10. The van der Waals surface area contributed by atoms with Gasteiger partial charge in [-0.05, 0) is 48.9 Å². The average molecular weight is 445 g/mol. The number of hydrazone groups is 1. The van der Waals surface area contributed by atoms with E-state index < -0.39 is 17.8 Å². The summed E-state index contributed by atoms with van der Waals surface area (Å²) >= 11 is 0. The highest BCUT2D eigenvalue weighted by atomic mass is 16.5. The van der Waals surface area contributed by atoms with Crippen LogP contribution in [0.1, 0.15) is 28.4 Å². The Morgan fingerprint density at radius 2 is 1.52 bits per heavy atom. The summed E-state index contributed by atoms with van der Waals surface area (Å²) < 4.78 is 10.6. The minimum atomic E-state index is -0.905. The van der Waals surface area contributed by atoms with Crippen LogP contribution in [0.5, 0.6) is 11.5 Å². The summed E-state index contributed by atoms with van der Waals surface area (Å²) in [5.41, 5.74) is 4.29. The number of methoxy groups -OCH3 is 1. The van der Waals surface area contributed by atoms with E-state index in [4.69, 9.17) is 9.47 Å². The minimum absolute atomic E-state index is 0.222. The van der Waals surface area contributed by atoms with Gasteiger partial charge in [-0.1, -0.05) is 42.5 Å². The monoisotopic (exact) mass is 445 g/mol. The molecule has 168 valence electrons. The van der Waals surface area contributed by atoms with Crippen molar-refractivity contribution < 1.29 is 23.9 Å². The van der Waals surface area contributed by atoms with Gasteiger partial charge in [0.05, 0.1) is 18.4 Å². The van der Waals surface area contributed by atoms with Gasteiger partial charge in [-0.25, -0.2) is 10.2 Å². The molecule has 3 rings (SSSR count). The molecule has 8 nitrogen and oxygen atoms in total. The Morgan fingerprint density at radius 3 is 2.21 bits per heavy atom. The van der Waals surface area contributed by atoms with Crippen molar-refractivity contribution in [3.8, 4) is 11.5 Å². The molecule has 2 amide bonds. The number of carbonyl (C=O) groups excluding carboxylic acids is 3. The van der Waals surface area contributed by atoms with E-state index >= 15 is 0 Å². The zero-order valence-corrected chi connectivity index (χ0v) is 18.2. The topological polar surface area (TPSA) is 106 Å². The first-order valence-electron chi connectivity index (χ1n) is 10.1. The number of nitrogens with one attached hydrogen (secondary N) is 2. The Morgan fingerprint density at radius 1 is 0.848 bits per heavy atom. The average Bonchev–Trinajstić information content (AvgIpc) is 2.86. The number of para-hydroxylation sites is 1. The molecule has 0 aromatic heterocycles. The van der Waals surface area contributed by atoms with Gasteiger partial charge in [0.15, 0.2) is 0 Å². The van der Waals surface area contributed by atoms with Crippen LogP contribution >= 0.6 is 0 Å². The van der Waals surface area contributed by atoms with E-state index in [1.165, 1.54) is 7.11 Å². The molecule has 0 unspecified atom stereocenters. The molecule has 0 aliphatic rings. The highest BCUT2D eigenvalue weighted by molar-refractivity contribution is 6.35. The zero-order chi connectivity index (χ0) is 23.6. The maximum Gasteiger partial charge on any atom is 0.343 e. The number of benzene rings is 3. The lowest BCUT2D eigenvalue weighted by Crippen LogP contribution is -2.37. The maximum atomic E-state index is 12.5. The lowest BCUT2D eigenvalue weighted by molar-refractivity contribution is -0.139. The molecule has 0 atom stereocenters. The van der Waals surface area contributed by atoms with Crippen LogP contribution in [-0.2, 0) is 16.1 Å². The summed E-state index contributed by atoms with van der Waals surface area (Å²) in [5.74, 6) is -1.38. The number of ether oxygens (including phenoxy) is 2. The van der Waals surface area contributed by atoms with E-state index in [0.29, 0.717) is 22.6 Å². The third-order valence-electron chi connectivity index (χ3n) is 4.63. The molecule has 0 radical (unpaired) electrons. The van der Waals surface area contributed by atoms with Gasteiger partial charge in [-0.2, -0.15) is 5.10 Å². The summed E-state index contributed by atoms with van der Waals surface area (Å²) in [6.07, 6.45) is 0. The van der Waals surface area contributed by atoms with Crippen LogP contribution in [0.25, 0.3) is 0 Å². The lowest BCUT2D eigenvalue weighted by atomic mass is 10.1. The van der Waals surface area contributed by atoms with Crippen molar-refractivity contribution in [2.24, 2.45) is 5.10 Å². The SMILES string of the molecule is COc1ccc(C(=O)Oc2ccccc2/C(C)=N/NC(=O)C(=O)NCc2ccccc2)cc1. The van der Waals surface area contributed by atoms with Crippen LogP contribution < -0.4 is 20.2 Å². The minimum Gasteiger partial charge on any atom is -0.497 e. The van der Waals surface area contributed by atoms with E-state index in [-0.39, 0.29) is 12.3 Å². The fourth-order valence-electron chi connectivity index (χ4n) is 2.84. The molecule has 0 aliphatic carbocycles. The third-order valence-corrected chi connectivity index (χ3v) is 4.63. The summed E-state index contributed by atoms with van der Waals surface area (Å²) in [6.45, 7) is 1.85. The highest BCUT2D eigenvalue weighted by Crippen LogP contribution is 2.21. The van der Waals surface area contributed by atoms with Crippen molar-refractivity contribution in [2.75, 3.05) is 7.11 Å². The summed E-state index contributed by atoms with van der Waals surface area (Å²) in [5, 5.41) is 6.51. The second-order valence-electron chi connectivity index (χ2n) is 6.92. The summed E-state index contributed by atoms with van der Waals surface area (Å²) in [6, 6.07) is 22.5. The Kier molecular flexibility index (Phi) is 7.91. The quantitative estimate of drug-likeness (QED) is 0.191. The first-order valence-corrected chi connectivity index (χ1v) is 10.1. The highest BCUT2D eigenvalue weighted by Gasteiger charge is 2.15. The molecular weight excluding hydrogens is 422 g/mol. The number of nitrogens with zero attached hydrogens (tertiary/aromatic N) is 1. The van der Waals surface area contributed by atoms with E-state index in [9.17, 15) is 14.4 Å². The number of hydrogen-bond acceptors (Lipinski definition) is 6. The van der Waals surface area contributed by atoms with Gasteiger partial charge in [-0.15, -0.1) is 0 Å². The number of esters is 1. The first kappa shape index (κ1) is 23.2. The van der Waals surface area contributed by atoms with E-state index in [2.05, 4.69) is 15.8 Å². The normalized spacial score (nSPS) is 10.8. The molecule has 2 N–H and O–H groups in total. The molecule has 0 saturated heterocycles. The Labute approximate surface area is 191 Å². The van der Waals surface area contributed by atoms with Gasteiger partial charge < -0.3 is 14.8 Å². The second-order valence-corrected chi connectivity index (χ2v) is 6.92. The van der Waals surface area contributed by atoms with Crippen LogP contribution in [0.4, 0.5) is 0 Å². The van der Waals surface area contributed by atoms with Gasteiger partial charge in [0.25, 0.3) is 0 Å². The second kappa shape index (κ2) is 11.2. The molecule has 8 heteroatoms. The van der Waals surface area contributed by atoms with Crippen LogP contribution in [0, 0.1) is 0 Å². The first-order chi connectivity index (χ1) is 16.0. The summed E-state index contributed by atoms with van der Waals surface area (Å²) in [4.78, 5) is 36.6. The number of hydrogen-bond donors (Lipinski definition) is 2. The summed E-state index contributed by atoms with van der Waals surface area (Å²) in [7, 11) is 1.54. The predicted octanol–water partition coefficient (Wildman–Crippen LogP) is 3.07. The van der Waals surface area contributed by atoms with Crippen LogP contribution in [-0.4, -0.2) is 30.6 Å². The van der Waals surface area contributed by atoms with Gasteiger partial charge in [0, 0.05) is 12.1 Å². The predicted molar refractivity (Wildman–Crippen MR) is 123 cm³/mol. The fourth-order valence-corrected chi connectivity index (χ4v) is 2.84. The molecule has 33 heavy (non-hydrogen) atoms. The Hall–Kier alpha value is -4.46. The van der Waals surface area contributed by atoms with E-state index in [0.717, 1.165) is 5.56 Å². The smallest absolute Gasteiger partial charge is 0.343 e. The van der Waals surface area contributed by atoms with Crippen molar-refractivity contribution in [3.05, 3.63) is 95.6 Å². The number of carbonyl (C=O) groups is 3. The Bertz CT molecular complexity index is 1160. The Balaban J connectivity index is 1.63. The van der Waals surface area contributed by atoms with Gasteiger partial charge >= 0.3 is 17.8 Å². The molecule has 0 spiro atoms. The van der Waals surface area contributed by atoms with Gasteiger partial charge in [0.2, 0.25) is 0 Å². The van der Waals surface area contributed by atoms with Crippen molar-refractivity contribution in [1.29, 1.82) is 0 Å². The molecule has 3 aromatic carbocycles. The molecule has 0 bridgehead atoms. The molecule has 0 saturated carbocycles. The van der Waals surface area contributed by atoms with Crippen molar-refractivity contribution in [1.82, 2.24) is 10.7 Å². The van der Waals surface area contributed by atoms with Gasteiger partial charge in [0.1, 0.15) is 11.5 Å². The number of amides is 2. The van der Waals surface area contributed by atoms with Crippen LogP contribution in [0.2, 0.25) is 0 Å². The molecule has 0 aliphatic heterocycles. The zero-order valence-electron chi connectivity index (χ0n) is 18.2. The standard InChI is InChI=1S/C25H23N3O5/c1-17(27-28-24(30)23(29)26-16-18-8-4-3-5-9-18)21-10-6-7-11-22(21)33-25(31)19-12-14-20(32-2)15-13-19/h3-15H,16H2,1-2H3,(H,26,29)(H,28,30)/b27-17+. The van der Waals surface area contributed by atoms with Crippen molar-refractivity contribution in [3.63, 3.8) is 0 Å². The maximum absolute atomic E-state index is 12.5. The number of rotatable bonds is 7.